The Bertz CT molecular complexity index is 567. The van der Waals surface area contributed by atoms with Crippen molar-refractivity contribution in [2.75, 3.05) is 13.2 Å². The fourth-order valence-corrected chi connectivity index (χ4v) is 1.72. The Morgan fingerprint density at radius 3 is 2.50 bits per heavy atom. The number of pyridine rings is 1. The second kappa shape index (κ2) is 6.86. The monoisotopic (exact) mass is 277 g/mol. The van der Waals surface area contributed by atoms with Crippen molar-refractivity contribution in [3.63, 3.8) is 0 Å². The summed E-state index contributed by atoms with van der Waals surface area (Å²) in [6.45, 7) is -0.0937. The molecule has 0 aliphatic rings. The summed E-state index contributed by atoms with van der Waals surface area (Å²) in [5, 5.41) is 0. The summed E-state index contributed by atoms with van der Waals surface area (Å²) in [7, 11) is 0. The van der Waals surface area contributed by atoms with Gasteiger partial charge in [0.15, 0.2) is 5.78 Å². The van der Waals surface area contributed by atoms with E-state index >= 15 is 0 Å². The fraction of sp³-hybridized carbons (Fsp3) is 0.200. The number of halogens is 2. The van der Waals surface area contributed by atoms with Crippen LogP contribution in [-0.2, 0) is 11.2 Å². The molecule has 1 aromatic carbocycles. The van der Waals surface area contributed by atoms with Crippen LogP contribution in [0.15, 0.2) is 42.6 Å². The lowest BCUT2D eigenvalue weighted by molar-refractivity contribution is 0.0756. The number of ether oxygens (including phenoxy) is 1. The number of benzene rings is 1. The van der Waals surface area contributed by atoms with Crippen LogP contribution in [0.4, 0.5) is 8.78 Å². The molecule has 5 heteroatoms. The molecule has 0 amide bonds. The van der Waals surface area contributed by atoms with Gasteiger partial charge in [-0.05, 0) is 24.3 Å². The highest BCUT2D eigenvalue weighted by Crippen LogP contribution is 2.12. The molecule has 0 atom stereocenters. The quantitative estimate of drug-likeness (QED) is 0.602. The minimum absolute atomic E-state index is 0.263. The normalized spacial score (nSPS) is 10.5. The van der Waals surface area contributed by atoms with Crippen molar-refractivity contribution in [1.82, 2.24) is 4.98 Å². The van der Waals surface area contributed by atoms with Gasteiger partial charge in [-0.2, -0.15) is 0 Å². The van der Waals surface area contributed by atoms with Crippen molar-refractivity contribution in [2.45, 2.75) is 6.42 Å². The Hall–Kier alpha value is -2.14. The van der Waals surface area contributed by atoms with Crippen molar-refractivity contribution in [3.05, 3.63) is 65.5 Å². The SMILES string of the molecule is O=C(COCCc1ccccn1)c1c(F)cccc1F. The number of nitrogens with zero attached hydrogens (tertiary/aromatic N) is 1. The van der Waals surface area contributed by atoms with Crippen LogP contribution < -0.4 is 0 Å². The lowest BCUT2D eigenvalue weighted by atomic mass is 10.1. The highest BCUT2D eigenvalue weighted by atomic mass is 19.1. The maximum Gasteiger partial charge on any atom is 0.194 e. The van der Waals surface area contributed by atoms with Crippen LogP contribution in [0.5, 0.6) is 0 Å². The third-order valence-electron chi connectivity index (χ3n) is 2.70. The second-order valence-corrected chi connectivity index (χ2v) is 4.14. The van der Waals surface area contributed by atoms with Crippen LogP contribution in [0.2, 0.25) is 0 Å². The van der Waals surface area contributed by atoms with E-state index in [-0.39, 0.29) is 13.2 Å². The molecule has 0 saturated heterocycles. The number of rotatable bonds is 6. The standard InChI is InChI=1S/C15H13F2NO2/c16-12-5-3-6-13(17)15(12)14(19)10-20-9-7-11-4-1-2-8-18-11/h1-6,8H,7,9-10H2. The Kier molecular flexibility index (Phi) is 4.90. The molecule has 1 aromatic heterocycles. The molecule has 0 aliphatic heterocycles. The first-order valence-corrected chi connectivity index (χ1v) is 6.13. The van der Waals surface area contributed by atoms with E-state index in [1.165, 1.54) is 6.07 Å². The van der Waals surface area contributed by atoms with Gasteiger partial charge in [-0.15, -0.1) is 0 Å². The first-order valence-electron chi connectivity index (χ1n) is 6.13. The van der Waals surface area contributed by atoms with Crippen molar-refractivity contribution in [2.24, 2.45) is 0 Å². The lowest BCUT2D eigenvalue weighted by Gasteiger charge is -2.05. The van der Waals surface area contributed by atoms with Crippen LogP contribution in [0.25, 0.3) is 0 Å². The van der Waals surface area contributed by atoms with Crippen molar-refractivity contribution < 1.29 is 18.3 Å². The Morgan fingerprint density at radius 1 is 1.10 bits per heavy atom. The van der Waals surface area contributed by atoms with Gasteiger partial charge in [0.05, 0.1) is 12.2 Å². The van der Waals surface area contributed by atoms with E-state index in [9.17, 15) is 13.6 Å². The Labute approximate surface area is 115 Å². The average molecular weight is 277 g/mol. The predicted octanol–water partition coefficient (Wildman–Crippen LogP) is 2.80. The number of carbonyl (C=O) groups is 1. The minimum atomic E-state index is -0.872. The molecule has 20 heavy (non-hydrogen) atoms. The van der Waals surface area contributed by atoms with Gasteiger partial charge >= 0.3 is 0 Å². The Balaban J connectivity index is 1.84. The van der Waals surface area contributed by atoms with E-state index in [1.54, 1.807) is 12.3 Å². The highest BCUT2D eigenvalue weighted by molar-refractivity contribution is 5.97. The van der Waals surface area contributed by atoms with Gasteiger partial charge in [0, 0.05) is 18.3 Å². The third kappa shape index (κ3) is 3.68. The summed E-state index contributed by atoms with van der Waals surface area (Å²) in [5.74, 6) is -2.45. The third-order valence-corrected chi connectivity index (χ3v) is 2.70. The molecule has 0 N–H and O–H groups in total. The zero-order valence-electron chi connectivity index (χ0n) is 10.7. The maximum absolute atomic E-state index is 13.3. The molecule has 3 nitrogen and oxygen atoms in total. The van der Waals surface area contributed by atoms with E-state index in [2.05, 4.69) is 4.98 Å². The summed E-state index contributed by atoms with van der Waals surface area (Å²) in [4.78, 5) is 15.8. The molecule has 2 aromatic rings. The summed E-state index contributed by atoms with van der Waals surface area (Å²) in [5.41, 5.74) is 0.280. The molecule has 104 valence electrons. The number of Topliss-reactive ketones (excluding diaryl/α,β-unsaturated/α-hetero) is 1. The van der Waals surface area contributed by atoms with E-state index in [0.29, 0.717) is 6.42 Å². The summed E-state index contributed by atoms with van der Waals surface area (Å²) >= 11 is 0. The van der Waals surface area contributed by atoms with Crippen LogP contribution in [-0.4, -0.2) is 24.0 Å². The van der Waals surface area contributed by atoms with E-state index < -0.39 is 23.0 Å². The molecule has 1 heterocycles. The first kappa shape index (κ1) is 14.3. The smallest absolute Gasteiger partial charge is 0.194 e. The van der Waals surface area contributed by atoms with E-state index in [4.69, 9.17) is 4.74 Å². The topological polar surface area (TPSA) is 39.2 Å². The van der Waals surface area contributed by atoms with Crippen LogP contribution in [0.3, 0.4) is 0 Å². The minimum Gasteiger partial charge on any atom is -0.373 e. The zero-order valence-corrected chi connectivity index (χ0v) is 10.7. The first-order chi connectivity index (χ1) is 9.68. The average Bonchev–Trinajstić information content (AvgIpc) is 2.44. The predicted molar refractivity (Wildman–Crippen MR) is 69.4 cm³/mol. The van der Waals surface area contributed by atoms with Gasteiger partial charge < -0.3 is 4.74 Å². The molecular formula is C15H13F2NO2. The number of hydrogen-bond donors (Lipinski definition) is 0. The molecule has 0 spiro atoms. The highest BCUT2D eigenvalue weighted by Gasteiger charge is 2.16. The second-order valence-electron chi connectivity index (χ2n) is 4.14. The lowest BCUT2D eigenvalue weighted by Crippen LogP contribution is -2.14. The summed E-state index contributed by atoms with van der Waals surface area (Å²) < 4.78 is 31.8. The summed E-state index contributed by atoms with van der Waals surface area (Å²) in [6.07, 6.45) is 2.20. The molecule has 0 bridgehead atoms. The van der Waals surface area contributed by atoms with Crippen LogP contribution >= 0.6 is 0 Å². The van der Waals surface area contributed by atoms with Crippen molar-refractivity contribution in [1.29, 1.82) is 0 Å². The van der Waals surface area contributed by atoms with Gasteiger partial charge in [0.25, 0.3) is 0 Å². The molecule has 0 saturated carbocycles. The largest absolute Gasteiger partial charge is 0.373 e. The number of ketones is 1. The van der Waals surface area contributed by atoms with E-state index in [1.807, 2.05) is 12.1 Å². The van der Waals surface area contributed by atoms with Crippen LogP contribution in [0.1, 0.15) is 16.1 Å². The van der Waals surface area contributed by atoms with Gasteiger partial charge in [-0.25, -0.2) is 8.78 Å². The van der Waals surface area contributed by atoms with Gasteiger partial charge in [0.1, 0.15) is 18.2 Å². The summed E-state index contributed by atoms with van der Waals surface area (Å²) in [6, 6.07) is 8.79. The molecule has 0 unspecified atom stereocenters. The molecule has 0 fully saturated rings. The Morgan fingerprint density at radius 2 is 1.85 bits per heavy atom. The number of aromatic nitrogens is 1. The molecular weight excluding hydrogens is 264 g/mol. The number of hydrogen-bond acceptors (Lipinski definition) is 3. The van der Waals surface area contributed by atoms with Crippen molar-refractivity contribution >= 4 is 5.78 Å². The zero-order chi connectivity index (χ0) is 14.4. The maximum atomic E-state index is 13.3. The van der Waals surface area contributed by atoms with Gasteiger partial charge in [0.2, 0.25) is 0 Å². The molecule has 0 aliphatic carbocycles. The van der Waals surface area contributed by atoms with Crippen molar-refractivity contribution in [3.8, 4) is 0 Å². The molecule has 0 radical (unpaired) electrons. The number of carbonyl (C=O) groups excluding carboxylic acids is 1. The van der Waals surface area contributed by atoms with Gasteiger partial charge in [-0.1, -0.05) is 12.1 Å². The molecule has 2 rings (SSSR count). The van der Waals surface area contributed by atoms with Crippen LogP contribution in [0, 0.1) is 11.6 Å². The van der Waals surface area contributed by atoms with Gasteiger partial charge in [-0.3, -0.25) is 9.78 Å². The van der Waals surface area contributed by atoms with E-state index in [0.717, 1.165) is 17.8 Å². The fourth-order valence-electron chi connectivity index (χ4n) is 1.72.